The highest BCUT2D eigenvalue weighted by Gasteiger charge is 2.38. The molecule has 3 nitrogen and oxygen atoms in total. The first-order valence-electron chi connectivity index (χ1n) is 10.3. The number of fused-ring (bicyclic) bond motifs is 1. The Bertz CT molecular complexity index is 1160. The zero-order chi connectivity index (χ0) is 24.7. The van der Waals surface area contributed by atoms with Crippen LogP contribution in [0.2, 0.25) is 5.02 Å². The second kappa shape index (κ2) is 9.11. The normalized spacial score (nSPS) is 15.9. The smallest absolute Gasteiger partial charge is 0.416 e. The van der Waals surface area contributed by atoms with Crippen molar-refractivity contribution < 1.29 is 31.1 Å². The molecule has 0 bridgehead atoms. The lowest BCUT2D eigenvalue weighted by molar-refractivity contribution is -0.143. The predicted molar refractivity (Wildman–Crippen MR) is 115 cm³/mol. The summed E-state index contributed by atoms with van der Waals surface area (Å²) in [5, 5.41) is 0.493. The molecule has 1 atom stereocenters. The summed E-state index contributed by atoms with van der Waals surface area (Å²) in [5.74, 6) is 0.354. The van der Waals surface area contributed by atoms with E-state index in [1.807, 2.05) is 12.1 Å². The van der Waals surface area contributed by atoms with E-state index >= 15 is 0 Å². The molecule has 180 valence electrons. The van der Waals surface area contributed by atoms with E-state index in [0.717, 1.165) is 23.3 Å². The fraction of sp³-hybridized carbons (Fsp3) is 0.292. The van der Waals surface area contributed by atoms with Crippen LogP contribution in [0.3, 0.4) is 0 Å². The van der Waals surface area contributed by atoms with E-state index in [9.17, 15) is 26.3 Å². The first kappa shape index (κ1) is 24.3. The summed E-state index contributed by atoms with van der Waals surface area (Å²) in [7, 11) is 0. The van der Waals surface area contributed by atoms with Crippen LogP contribution in [0.4, 0.5) is 26.3 Å². The van der Waals surface area contributed by atoms with Crippen molar-refractivity contribution in [1.82, 2.24) is 9.88 Å². The second-order valence-corrected chi connectivity index (χ2v) is 8.36. The summed E-state index contributed by atoms with van der Waals surface area (Å²) < 4.78 is 85.9. The molecule has 1 aromatic heterocycles. The Morgan fingerprint density at radius 1 is 0.941 bits per heavy atom. The number of pyridine rings is 1. The summed E-state index contributed by atoms with van der Waals surface area (Å²) in [5.41, 5.74) is -0.658. The van der Waals surface area contributed by atoms with Crippen LogP contribution in [0.1, 0.15) is 35.2 Å². The lowest BCUT2D eigenvalue weighted by Gasteiger charge is -2.29. The van der Waals surface area contributed by atoms with Gasteiger partial charge in [0.25, 0.3) is 0 Å². The van der Waals surface area contributed by atoms with Gasteiger partial charge in [-0.3, -0.25) is 4.90 Å². The monoisotopic (exact) mass is 500 g/mol. The summed E-state index contributed by atoms with van der Waals surface area (Å²) in [6.45, 7) is 2.22. The lowest BCUT2D eigenvalue weighted by Crippen LogP contribution is -2.29. The van der Waals surface area contributed by atoms with E-state index in [-0.39, 0.29) is 31.3 Å². The van der Waals surface area contributed by atoms with Crippen LogP contribution >= 0.6 is 11.6 Å². The minimum atomic E-state index is -4.91. The third-order valence-electron chi connectivity index (χ3n) is 5.80. The molecule has 0 spiro atoms. The molecule has 0 amide bonds. The lowest BCUT2D eigenvalue weighted by atomic mass is 9.97. The first-order valence-corrected chi connectivity index (χ1v) is 10.7. The van der Waals surface area contributed by atoms with Gasteiger partial charge in [0.15, 0.2) is 0 Å². The van der Waals surface area contributed by atoms with Crippen LogP contribution in [-0.2, 0) is 18.9 Å². The molecule has 10 heteroatoms. The Morgan fingerprint density at radius 3 is 2.21 bits per heavy atom. The van der Waals surface area contributed by atoms with Gasteiger partial charge in [-0.1, -0.05) is 29.8 Å². The van der Waals surface area contributed by atoms with Crippen LogP contribution in [-0.4, -0.2) is 23.0 Å². The van der Waals surface area contributed by atoms with Crippen LogP contribution in [0.25, 0.3) is 11.1 Å². The van der Waals surface area contributed by atoms with Crippen molar-refractivity contribution in [1.29, 1.82) is 0 Å². The van der Waals surface area contributed by atoms with Crippen molar-refractivity contribution in [3.63, 3.8) is 0 Å². The van der Waals surface area contributed by atoms with E-state index in [0.29, 0.717) is 16.5 Å². The quantitative estimate of drug-likeness (QED) is 0.350. The fourth-order valence-electron chi connectivity index (χ4n) is 3.99. The van der Waals surface area contributed by atoms with E-state index in [2.05, 4.69) is 4.98 Å². The van der Waals surface area contributed by atoms with Gasteiger partial charge in [0.05, 0.1) is 11.1 Å². The van der Waals surface area contributed by atoms with Crippen molar-refractivity contribution in [2.75, 3.05) is 13.2 Å². The van der Waals surface area contributed by atoms with Gasteiger partial charge >= 0.3 is 12.4 Å². The number of benzene rings is 2. The number of ether oxygens (including phenoxy) is 1. The molecule has 2 heterocycles. The van der Waals surface area contributed by atoms with E-state index in [1.54, 1.807) is 36.2 Å². The standard InChI is InChI=1S/C24H19ClF6N2O/c1-14(15-10-16(23(26,27)28)12-17(11-15)24(29,30)31)33-8-9-34-22-20(13-33)18(6-7-32-22)19-4-2-3-5-21(19)25/h2-7,10-12,14H,8-9,13H2,1H3. The van der Waals surface area contributed by atoms with E-state index in [1.165, 1.54) is 0 Å². The molecule has 0 radical (unpaired) electrons. The second-order valence-electron chi connectivity index (χ2n) is 7.96. The maximum atomic E-state index is 13.4. The first-order chi connectivity index (χ1) is 15.9. The maximum absolute atomic E-state index is 13.4. The number of aromatic nitrogens is 1. The van der Waals surface area contributed by atoms with Crippen LogP contribution in [0, 0.1) is 0 Å². The number of halogens is 7. The van der Waals surface area contributed by atoms with E-state index in [4.69, 9.17) is 16.3 Å². The van der Waals surface area contributed by atoms with Crippen molar-refractivity contribution >= 4 is 11.6 Å². The molecule has 0 saturated carbocycles. The molecule has 2 aromatic carbocycles. The fourth-order valence-corrected chi connectivity index (χ4v) is 4.22. The molecular formula is C24H19ClF6N2O. The van der Waals surface area contributed by atoms with Gasteiger partial charge in [-0.2, -0.15) is 26.3 Å². The number of alkyl halides is 6. The van der Waals surface area contributed by atoms with Gasteiger partial charge in [-0.05, 0) is 48.4 Å². The maximum Gasteiger partial charge on any atom is 0.416 e. The van der Waals surface area contributed by atoms with Gasteiger partial charge < -0.3 is 4.74 Å². The molecule has 34 heavy (non-hydrogen) atoms. The van der Waals surface area contributed by atoms with Crippen LogP contribution < -0.4 is 4.74 Å². The Balaban J connectivity index is 1.75. The number of nitrogens with zero attached hydrogens (tertiary/aromatic N) is 2. The van der Waals surface area contributed by atoms with Gasteiger partial charge in [0, 0.05) is 41.5 Å². The Labute approximate surface area is 196 Å². The van der Waals surface area contributed by atoms with Crippen LogP contribution in [0.15, 0.2) is 54.7 Å². The molecule has 1 unspecified atom stereocenters. The van der Waals surface area contributed by atoms with E-state index < -0.39 is 29.5 Å². The molecule has 0 aliphatic carbocycles. The zero-order valence-electron chi connectivity index (χ0n) is 17.8. The molecular weight excluding hydrogens is 482 g/mol. The predicted octanol–water partition coefficient (Wildman–Crippen LogP) is 7.40. The molecule has 3 aromatic rings. The molecule has 0 fully saturated rings. The molecule has 1 aliphatic heterocycles. The minimum absolute atomic E-state index is 0.0891. The van der Waals surface area contributed by atoms with Gasteiger partial charge in [-0.15, -0.1) is 0 Å². The van der Waals surface area contributed by atoms with Crippen LogP contribution in [0.5, 0.6) is 5.88 Å². The summed E-state index contributed by atoms with van der Waals surface area (Å²) >= 11 is 6.37. The average Bonchev–Trinajstić information content (AvgIpc) is 3.00. The number of hydrogen-bond donors (Lipinski definition) is 0. The third-order valence-corrected chi connectivity index (χ3v) is 6.13. The number of rotatable bonds is 3. The molecule has 0 N–H and O–H groups in total. The highest BCUT2D eigenvalue weighted by atomic mass is 35.5. The van der Waals surface area contributed by atoms with Crippen molar-refractivity contribution in [3.8, 4) is 17.0 Å². The Morgan fingerprint density at radius 2 is 1.59 bits per heavy atom. The molecule has 1 aliphatic rings. The van der Waals surface area contributed by atoms with Gasteiger partial charge in [-0.25, -0.2) is 4.98 Å². The van der Waals surface area contributed by atoms with Crippen molar-refractivity contribution in [2.24, 2.45) is 0 Å². The highest BCUT2D eigenvalue weighted by molar-refractivity contribution is 6.33. The highest BCUT2D eigenvalue weighted by Crippen LogP contribution is 2.40. The molecule has 4 rings (SSSR count). The Hall–Kier alpha value is -2.78. The SMILES string of the molecule is CC(c1cc(C(F)(F)F)cc(C(F)(F)F)c1)N1CCOc2nccc(-c3ccccc3Cl)c2C1. The largest absolute Gasteiger partial charge is 0.476 e. The molecule has 0 saturated heterocycles. The Kier molecular flexibility index (Phi) is 6.52. The summed E-state index contributed by atoms with van der Waals surface area (Å²) in [4.78, 5) is 6.03. The summed E-state index contributed by atoms with van der Waals surface area (Å²) in [6.07, 6.45) is -8.25. The minimum Gasteiger partial charge on any atom is -0.476 e. The third kappa shape index (κ3) is 5.00. The topological polar surface area (TPSA) is 25.4 Å². The van der Waals surface area contributed by atoms with Gasteiger partial charge in [0.1, 0.15) is 6.61 Å². The summed E-state index contributed by atoms with van der Waals surface area (Å²) in [6, 6.07) is 9.80. The van der Waals surface area contributed by atoms with Crippen molar-refractivity contribution in [3.05, 3.63) is 82.0 Å². The zero-order valence-corrected chi connectivity index (χ0v) is 18.6. The van der Waals surface area contributed by atoms with Crippen molar-refractivity contribution in [2.45, 2.75) is 31.9 Å². The average molecular weight is 501 g/mol. The van der Waals surface area contributed by atoms with Gasteiger partial charge in [0.2, 0.25) is 5.88 Å². The number of hydrogen-bond acceptors (Lipinski definition) is 3.